The molecular formula is C15H12N2O8. The van der Waals surface area contributed by atoms with Crippen molar-refractivity contribution >= 4 is 29.4 Å². The number of ether oxygens (including phenoxy) is 2. The standard InChI is InChI=1S/C15H12N2O8/c1-23-14(19)8-5-9(15(20)24-2)7-10(6-8)16-13(18)11-3-4-12(25-11)17(21)22/h3-7H,1-2H3,(H,16,18). The molecule has 0 spiro atoms. The number of methoxy groups -OCH3 is 2. The van der Waals surface area contributed by atoms with E-state index in [1.54, 1.807) is 0 Å². The van der Waals surface area contributed by atoms with E-state index in [2.05, 4.69) is 14.8 Å². The molecule has 0 saturated carbocycles. The van der Waals surface area contributed by atoms with E-state index in [0.29, 0.717) is 0 Å². The fraction of sp³-hybridized carbons (Fsp3) is 0.133. The summed E-state index contributed by atoms with van der Waals surface area (Å²) < 4.78 is 13.9. The molecule has 0 unspecified atom stereocenters. The Balaban J connectivity index is 2.33. The van der Waals surface area contributed by atoms with Gasteiger partial charge in [0, 0.05) is 5.69 Å². The Morgan fingerprint density at radius 2 is 1.60 bits per heavy atom. The van der Waals surface area contributed by atoms with Crippen LogP contribution < -0.4 is 5.32 Å². The lowest BCUT2D eigenvalue weighted by molar-refractivity contribution is -0.402. The van der Waals surface area contributed by atoms with Gasteiger partial charge in [-0.2, -0.15) is 0 Å². The number of hydrogen-bond acceptors (Lipinski definition) is 8. The van der Waals surface area contributed by atoms with Gasteiger partial charge in [-0.3, -0.25) is 14.9 Å². The lowest BCUT2D eigenvalue weighted by atomic mass is 10.1. The fourth-order valence-corrected chi connectivity index (χ4v) is 1.91. The third-order valence-electron chi connectivity index (χ3n) is 3.03. The number of anilines is 1. The first kappa shape index (κ1) is 17.7. The van der Waals surface area contributed by atoms with Gasteiger partial charge in [-0.05, 0) is 24.3 Å². The van der Waals surface area contributed by atoms with Gasteiger partial charge in [0.15, 0.2) is 5.76 Å². The van der Waals surface area contributed by atoms with Crippen molar-refractivity contribution in [1.29, 1.82) is 0 Å². The van der Waals surface area contributed by atoms with Crippen LogP contribution in [-0.4, -0.2) is 37.0 Å². The minimum atomic E-state index is -0.800. The second-order valence-corrected chi connectivity index (χ2v) is 4.63. The number of nitrogens with one attached hydrogen (secondary N) is 1. The topological polar surface area (TPSA) is 138 Å². The summed E-state index contributed by atoms with van der Waals surface area (Å²) in [5.41, 5.74) is 0.0876. The Bertz CT molecular complexity index is 821. The fourth-order valence-electron chi connectivity index (χ4n) is 1.91. The minimum absolute atomic E-state index is 0.00567. The average molecular weight is 348 g/mol. The number of rotatable bonds is 5. The first-order valence-electron chi connectivity index (χ1n) is 6.73. The van der Waals surface area contributed by atoms with Crippen molar-refractivity contribution in [2.45, 2.75) is 0 Å². The number of amides is 1. The average Bonchev–Trinajstić information content (AvgIpc) is 3.10. The zero-order chi connectivity index (χ0) is 18.6. The third kappa shape index (κ3) is 3.99. The van der Waals surface area contributed by atoms with Crippen LogP contribution in [0.5, 0.6) is 0 Å². The van der Waals surface area contributed by atoms with Gasteiger partial charge >= 0.3 is 17.8 Å². The monoisotopic (exact) mass is 348 g/mol. The number of benzene rings is 1. The Labute approximate surface area is 140 Å². The van der Waals surface area contributed by atoms with Gasteiger partial charge in [0.1, 0.15) is 4.92 Å². The van der Waals surface area contributed by atoms with Gasteiger partial charge in [-0.25, -0.2) is 9.59 Å². The SMILES string of the molecule is COC(=O)c1cc(NC(=O)c2ccc([N+](=O)[O-])o2)cc(C(=O)OC)c1. The molecule has 0 bridgehead atoms. The first-order chi connectivity index (χ1) is 11.8. The Morgan fingerprint density at radius 1 is 1.04 bits per heavy atom. The Kier molecular flexibility index (Phi) is 5.12. The second-order valence-electron chi connectivity index (χ2n) is 4.63. The molecule has 2 aromatic rings. The summed E-state index contributed by atoms with van der Waals surface area (Å²) in [6, 6.07) is 5.94. The summed E-state index contributed by atoms with van der Waals surface area (Å²) in [7, 11) is 2.32. The van der Waals surface area contributed by atoms with E-state index in [1.165, 1.54) is 18.2 Å². The Morgan fingerprint density at radius 3 is 2.04 bits per heavy atom. The molecule has 2 rings (SSSR count). The van der Waals surface area contributed by atoms with Crippen LogP contribution in [0.1, 0.15) is 31.3 Å². The minimum Gasteiger partial charge on any atom is -0.465 e. The Hall–Kier alpha value is -3.69. The van der Waals surface area contributed by atoms with E-state index < -0.39 is 28.7 Å². The molecule has 0 radical (unpaired) electrons. The first-order valence-corrected chi connectivity index (χ1v) is 6.73. The van der Waals surface area contributed by atoms with E-state index in [9.17, 15) is 24.5 Å². The maximum absolute atomic E-state index is 12.1. The number of carbonyl (C=O) groups excluding carboxylic acids is 3. The summed E-state index contributed by atoms with van der Waals surface area (Å²) >= 11 is 0. The molecule has 0 fully saturated rings. The highest BCUT2D eigenvalue weighted by Gasteiger charge is 2.19. The van der Waals surface area contributed by atoms with Gasteiger partial charge in [0.25, 0.3) is 5.91 Å². The highest BCUT2D eigenvalue weighted by molar-refractivity contribution is 6.04. The molecular weight excluding hydrogens is 336 g/mol. The number of nitro groups is 1. The molecule has 0 atom stereocenters. The van der Waals surface area contributed by atoms with Crippen LogP contribution >= 0.6 is 0 Å². The lowest BCUT2D eigenvalue weighted by Gasteiger charge is -2.08. The van der Waals surface area contributed by atoms with Crippen molar-refractivity contribution in [3.05, 3.63) is 57.3 Å². The van der Waals surface area contributed by atoms with E-state index in [4.69, 9.17) is 4.42 Å². The van der Waals surface area contributed by atoms with Crippen LogP contribution in [0.15, 0.2) is 34.7 Å². The summed E-state index contributed by atoms with van der Waals surface area (Å²) in [4.78, 5) is 45.2. The predicted octanol–water partition coefficient (Wildman–Crippen LogP) is 2.01. The van der Waals surface area contributed by atoms with Crippen molar-refractivity contribution < 1.29 is 33.2 Å². The lowest BCUT2D eigenvalue weighted by Crippen LogP contribution is -2.13. The molecule has 10 heteroatoms. The van der Waals surface area contributed by atoms with Crippen molar-refractivity contribution in [3.63, 3.8) is 0 Å². The van der Waals surface area contributed by atoms with Crippen LogP contribution in [0.25, 0.3) is 0 Å². The van der Waals surface area contributed by atoms with Crippen LogP contribution in [0.3, 0.4) is 0 Å². The summed E-state index contributed by atoms with van der Waals surface area (Å²) in [6.45, 7) is 0. The second kappa shape index (κ2) is 7.25. The zero-order valence-electron chi connectivity index (χ0n) is 13.1. The smallest absolute Gasteiger partial charge is 0.433 e. The quantitative estimate of drug-likeness (QED) is 0.492. The molecule has 1 amide bonds. The molecule has 1 aromatic carbocycles. The highest BCUT2D eigenvalue weighted by Crippen LogP contribution is 2.20. The van der Waals surface area contributed by atoms with Crippen molar-refractivity contribution in [2.75, 3.05) is 19.5 Å². The van der Waals surface area contributed by atoms with Gasteiger partial charge < -0.3 is 19.2 Å². The van der Waals surface area contributed by atoms with Crippen molar-refractivity contribution in [1.82, 2.24) is 0 Å². The molecule has 130 valence electrons. The van der Waals surface area contributed by atoms with Gasteiger partial charge in [-0.1, -0.05) is 0 Å². The van der Waals surface area contributed by atoms with Crippen molar-refractivity contribution in [3.8, 4) is 0 Å². The number of nitrogens with zero attached hydrogens (tertiary/aromatic N) is 1. The molecule has 0 aliphatic carbocycles. The van der Waals surface area contributed by atoms with E-state index >= 15 is 0 Å². The predicted molar refractivity (Wildman–Crippen MR) is 82.4 cm³/mol. The molecule has 1 heterocycles. The largest absolute Gasteiger partial charge is 0.465 e. The van der Waals surface area contributed by atoms with Gasteiger partial charge in [-0.15, -0.1) is 0 Å². The molecule has 0 aliphatic rings. The number of esters is 2. The molecule has 10 nitrogen and oxygen atoms in total. The highest BCUT2D eigenvalue weighted by atomic mass is 16.6. The molecule has 25 heavy (non-hydrogen) atoms. The number of hydrogen-bond donors (Lipinski definition) is 1. The van der Waals surface area contributed by atoms with E-state index in [-0.39, 0.29) is 22.6 Å². The molecule has 1 N–H and O–H groups in total. The van der Waals surface area contributed by atoms with Crippen molar-refractivity contribution in [2.24, 2.45) is 0 Å². The van der Waals surface area contributed by atoms with E-state index in [0.717, 1.165) is 26.4 Å². The normalized spacial score (nSPS) is 10.0. The third-order valence-corrected chi connectivity index (χ3v) is 3.03. The van der Waals surface area contributed by atoms with Crippen LogP contribution in [0.2, 0.25) is 0 Å². The summed E-state index contributed by atoms with van der Waals surface area (Å²) in [5.74, 6) is -3.16. The molecule has 1 aromatic heterocycles. The van der Waals surface area contributed by atoms with Crippen LogP contribution in [0.4, 0.5) is 11.6 Å². The maximum atomic E-state index is 12.1. The van der Waals surface area contributed by atoms with Gasteiger partial charge in [0.05, 0.1) is 31.4 Å². The molecule has 0 aliphatic heterocycles. The summed E-state index contributed by atoms with van der Waals surface area (Å²) in [6.07, 6.45) is 0. The van der Waals surface area contributed by atoms with Gasteiger partial charge in [0.2, 0.25) is 0 Å². The zero-order valence-corrected chi connectivity index (χ0v) is 13.1. The summed E-state index contributed by atoms with van der Waals surface area (Å²) in [5, 5.41) is 13.0. The van der Waals surface area contributed by atoms with Crippen LogP contribution in [0, 0.1) is 10.1 Å². The maximum Gasteiger partial charge on any atom is 0.433 e. The number of furan rings is 1. The number of carbonyl (C=O) groups is 3. The van der Waals surface area contributed by atoms with Crippen LogP contribution in [-0.2, 0) is 9.47 Å². The molecule has 0 saturated heterocycles. The van der Waals surface area contributed by atoms with E-state index in [1.807, 2.05) is 0 Å².